The highest BCUT2D eigenvalue weighted by Gasteiger charge is 2.62. The number of aliphatic hydroxyl groups is 2. The molecule has 2 aromatic carbocycles. The lowest BCUT2D eigenvalue weighted by molar-refractivity contribution is -0.157. The number of piperidine rings is 2. The van der Waals surface area contributed by atoms with Crippen LogP contribution in [0.4, 0.5) is 0 Å². The van der Waals surface area contributed by atoms with E-state index < -0.39 is 11.8 Å². The quantitative estimate of drug-likeness (QED) is 0.353. The number of aliphatic hydroxyl groups excluding tert-OH is 2. The highest BCUT2D eigenvalue weighted by atomic mass is 16.6. The second-order valence-electron chi connectivity index (χ2n) is 12.8. The molecular weight excluding hydrogens is 548 g/mol. The molecule has 0 amide bonds. The first-order valence-electron chi connectivity index (χ1n) is 15.7. The van der Waals surface area contributed by atoms with Crippen LogP contribution in [0.1, 0.15) is 61.5 Å². The van der Waals surface area contributed by atoms with Crippen molar-refractivity contribution in [3.63, 3.8) is 0 Å². The van der Waals surface area contributed by atoms with Crippen molar-refractivity contribution in [3.05, 3.63) is 71.8 Å². The zero-order chi connectivity index (χ0) is 30.1. The molecular formula is C34H44N2O7. The topological polar surface area (TPSA) is 112 Å². The summed E-state index contributed by atoms with van der Waals surface area (Å²) in [5, 5.41) is 19.1. The van der Waals surface area contributed by atoms with Crippen LogP contribution in [0.15, 0.2) is 60.7 Å². The van der Waals surface area contributed by atoms with E-state index in [0.29, 0.717) is 36.4 Å². The Hall–Kier alpha value is -2.82. The van der Waals surface area contributed by atoms with Crippen LogP contribution < -0.4 is 0 Å². The van der Waals surface area contributed by atoms with Gasteiger partial charge in [-0.1, -0.05) is 60.7 Å². The Morgan fingerprint density at radius 3 is 1.56 bits per heavy atom. The summed E-state index contributed by atoms with van der Waals surface area (Å²) in [6.45, 7) is -0.432. The molecule has 0 radical (unpaired) electrons. The summed E-state index contributed by atoms with van der Waals surface area (Å²) in [5.74, 6) is -1.78. The van der Waals surface area contributed by atoms with Gasteiger partial charge in [0.15, 0.2) is 0 Å². The van der Waals surface area contributed by atoms with Crippen molar-refractivity contribution in [2.75, 3.05) is 27.3 Å². The molecule has 5 heterocycles. The zero-order valence-electron chi connectivity index (χ0n) is 25.0. The summed E-state index contributed by atoms with van der Waals surface area (Å²) in [7, 11) is 4.30. The van der Waals surface area contributed by atoms with Gasteiger partial charge in [-0.25, -0.2) is 0 Å². The molecule has 5 aliphatic rings. The lowest BCUT2D eigenvalue weighted by Crippen LogP contribution is -2.48. The standard InChI is InChI=1S/C17H21NO4.C17H23NO3/c1-18-13-7-11(8-14(18)16-15(13)22-16)21-17(20)12(9-19)10-5-3-2-4-6-10;1-18-13-7-8-14(18)10-15(9-13)21-17(20)16(11-19)12-5-3-2-4-6-12/h2-6,11-16,19H,7-9H2,1H3;2-6,13-16,19H,7-11H2,1H3/t11-,12-,13-,14+,15-,16+;13-,14+,15+,16-/m11/s1. The highest BCUT2D eigenvalue weighted by Crippen LogP contribution is 2.48. The molecule has 0 unspecified atom stereocenters. The molecule has 0 aromatic heterocycles. The van der Waals surface area contributed by atoms with Crippen LogP contribution in [0.25, 0.3) is 0 Å². The van der Waals surface area contributed by atoms with Gasteiger partial charge >= 0.3 is 11.9 Å². The zero-order valence-corrected chi connectivity index (χ0v) is 25.0. The second kappa shape index (κ2) is 13.0. The van der Waals surface area contributed by atoms with E-state index in [-0.39, 0.29) is 37.4 Å². The minimum absolute atomic E-state index is 0.00367. The number of carbonyl (C=O) groups is 2. The Kier molecular flexibility index (Phi) is 9.16. The first kappa shape index (κ1) is 30.2. The van der Waals surface area contributed by atoms with E-state index in [2.05, 4.69) is 23.9 Å². The fraction of sp³-hybridized carbons (Fsp3) is 0.588. The predicted molar refractivity (Wildman–Crippen MR) is 159 cm³/mol. The molecule has 0 saturated carbocycles. The van der Waals surface area contributed by atoms with Crippen molar-refractivity contribution in [1.82, 2.24) is 9.80 Å². The molecule has 0 aliphatic carbocycles. The first-order valence-corrected chi connectivity index (χ1v) is 15.7. The van der Waals surface area contributed by atoms with Crippen LogP contribution in [0.2, 0.25) is 0 Å². The lowest BCUT2D eigenvalue weighted by Gasteiger charge is -2.38. The van der Waals surface area contributed by atoms with Gasteiger partial charge in [-0.05, 0) is 50.9 Å². The van der Waals surface area contributed by atoms with Crippen molar-refractivity contribution in [2.24, 2.45) is 0 Å². The molecule has 7 rings (SSSR count). The maximum atomic E-state index is 12.4. The van der Waals surface area contributed by atoms with E-state index in [1.165, 1.54) is 12.8 Å². The molecule has 2 aromatic rings. The molecule has 5 saturated heterocycles. The predicted octanol–water partition coefficient (Wildman–Crippen LogP) is 2.85. The Labute approximate surface area is 253 Å². The van der Waals surface area contributed by atoms with Crippen LogP contribution >= 0.6 is 0 Å². The average Bonchev–Trinajstić information content (AvgIpc) is 3.75. The summed E-state index contributed by atoms with van der Waals surface area (Å²) >= 11 is 0. The van der Waals surface area contributed by atoms with Gasteiger partial charge in [-0.2, -0.15) is 0 Å². The third-order valence-corrected chi connectivity index (χ3v) is 10.3. The highest BCUT2D eigenvalue weighted by molar-refractivity contribution is 5.79. The van der Waals surface area contributed by atoms with E-state index in [1.54, 1.807) is 0 Å². The van der Waals surface area contributed by atoms with Crippen LogP contribution in [0.5, 0.6) is 0 Å². The van der Waals surface area contributed by atoms with E-state index in [4.69, 9.17) is 14.2 Å². The SMILES string of the molecule is CN1[C@@H]2CC[C@H]1C[C@@H](OC(=O)[C@H](CO)c1ccccc1)C2.CN1[C@@H]2C[C@@H](OC(=O)[C@H](CO)c3ccccc3)C[C@H]1[C@@H]1O[C@@H]12. The van der Waals surface area contributed by atoms with Gasteiger partial charge in [-0.15, -0.1) is 0 Å². The molecule has 9 nitrogen and oxygen atoms in total. The Morgan fingerprint density at radius 1 is 0.721 bits per heavy atom. The summed E-state index contributed by atoms with van der Waals surface area (Å²) in [4.78, 5) is 29.6. The molecule has 5 aliphatic heterocycles. The minimum atomic E-state index is -0.593. The van der Waals surface area contributed by atoms with Gasteiger partial charge in [0.2, 0.25) is 0 Å². The number of rotatable bonds is 8. The number of hydrogen-bond acceptors (Lipinski definition) is 9. The van der Waals surface area contributed by atoms with E-state index in [9.17, 15) is 19.8 Å². The number of ether oxygens (including phenoxy) is 3. The largest absolute Gasteiger partial charge is 0.462 e. The molecule has 9 heteroatoms. The molecule has 5 fully saturated rings. The molecule has 232 valence electrons. The lowest BCUT2D eigenvalue weighted by atomic mass is 9.97. The monoisotopic (exact) mass is 592 g/mol. The summed E-state index contributed by atoms with van der Waals surface area (Å²) < 4.78 is 17.1. The Balaban J connectivity index is 0.000000153. The van der Waals surface area contributed by atoms with Crippen LogP contribution in [0, 0.1) is 0 Å². The van der Waals surface area contributed by atoms with Crippen LogP contribution in [-0.2, 0) is 23.8 Å². The third kappa shape index (κ3) is 6.37. The fourth-order valence-electron chi connectivity index (χ4n) is 7.75. The van der Waals surface area contributed by atoms with Gasteiger partial charge < -0.3 is 29.3 Å². The van der Waals surface area contributed by atoms with Crippen molar-refractivity contribution < 1.29 is 34.0 Å². The maximum absolute atomic E-state index is 12.4. The number of benzene rings is 2. The molecule has 4 bridgehead atoms. The molecule has 0 spiro atoms. The van der Waals surface area contributed by atoms with E-state index in [0.717, 1.165) is 36.8 Å². The van der Waals surface area contributed by atoms with Crippen LogP contribution in [-0.4, -0.2) is 108 Å². The van der Waals surface area contributed by atoms with Gasteiger partial charge in [0.1, 0.15) is 36.3 Å². The van der Waals surface area contributed by atoms with Crippen LogP contribution in [0.3, 0.4) is 0 Å². The minimum Gasteiger partial charge on any atom is -0.462 e. The van der Waals surface area contributed by atoms with Crippen molar-refractivity contribution in [2.45, 2.75) is 98.9 Å². The number of morpholine rings is 1. The van der Waals surface area contributed by atoms with Gasteiger partial charge in [0.25, 0.3) is 0 Å². The van der Waals surface area contributed by atoms with Gasteiger partial charge in [-0.3, -0.25) is 14.5 Å². The summed E-state index contributed by atoms with van der Waals surface area (Å²) in [5.41, 5.74) is 1.62. The Morgan fingerprint density at radius 2 is 1.14 bits per heavy atom. The first-order chi connectivity index (χ1) is 20.9. The molecule has 2 N–H and O–H groups in total. The van der Waals surface area contributed by atoms with E-state index >= 15 is 0 Å². The smallest absolute Gasteiger partial charge is 0.316 e. The van der Waals surface area contributed by atoms with E-state index in [1.807, 2.05) is 60.7 Å². The summed E-state index contributed by atoms with van der Waals surface area (Å²) in [6, 6.07) is 20.5. The number of nitrogens with zero attached hydrogens (tertiary/aromatic N) is 2. The second-order valence-corrected chi connectivity index (χ2v) is 12.8. The maximum Gasteiger partial charge on any atom is 0.316 e. The van der Waals surface area contributed by atoms with Crippen molar-refractivity contribution in [3.8, 4) is 0 Å². The number of hydrogen-bond donors (Lipinski definition) is 2. The van der Waals surface area contributed by atoms with Crippen molar-refractivity contribution >= 4 is 11.9 Å². The summed E-state index contributed by atoms with van der Waals surface area (Å²) in [6.07, 6.45) is 6.52. The third-order valence-electron chi connectivity index (χ3n) is 10.3. The normalized spacial score (nSPS) is 33.9. The van der Waals surface area contributed by atoms with Gasteiger partial charge in [0, 0.05) is 37.0 Å². The van der Waals surface area contributed by atoms with Gasteiger partial charge in [0.05, 0.1) is 13.2 Å². The number of carbonyl (C=O) groups excluding carboxylic acids is 2. The molecule has 10 atom stereocenters. The number of epoxide rings is 1. The average molecular weight is 593 g/mol. The fourth-order valence-corrected chi connectivity index (χ4v) is 7.75. The number of esters is 2. The Bertz CT molecular complexity index is 1210. The molecule has 43 heavy (non-hydrogen) atoms. The number of fused-ring (bicyclic) bond motifs is 7. The number of likely N-dealkylation sites (N-methyl/N-ethyl adjacent to an activating group) is 1. The van der Waals surface area contributed by atoms with Crippen molar-refractivity contribution in [1.29, 1.82) is 0 Å².